The quantitative estimate of drug-likeness (QED) is 0.557. The Morgan fingerprint density at radius 3 is 2.61 bits per heavy atom. The van der Waals surface area contributed by atoms with Gasteiger partial charge in [-0.05, 0) is 24.1 Å². The van der Waals surface area contributed by atoms with E-state index in [4.69, 9.17) is 0 Å². The number of benzene rings is 2. The number of para-hydroxylation sites is 1. The Morgan fingerprint density at radius 2 is 1.89 bits per heavy atom. The van der Waals surface area contributed by atoms with Crippen molar-refractivity contribution in [3.8, 4) is 0 Å². The van der Waals surface area contributed by atoms with Crippen molar-refractivity contribution in [2.45, 2.75) is 23.3 Å². The molecule has 1 amide bonds. The largest absolute Gasteiger partial charge is 0.334 e. The average molecular weight is 433 g/mol. The predicted molar refractivity (Wildman–Crippen MR) is 114 cm³/mol. The summed E-state index contributed by atoms with van der Waals surface area (Å²) < 4.78 is 25.8. The summed E-state index contributed by atoms with van der Waals surface area (Å²) in [6.45, 7) is 0.431. The van der Waals surface area contributed by atoms with Gasteiger partial charge in [0, 0.05) is 12.6 Å². The highest BCUT2D eigenvalue weighted by molar-refractivity contribution is 8.01. The molecule has 3 aromatic rings. The molecule has 0 radical (unpaired) electrons. The summed E-state index contributed by atoms with van der Waals surface area (Å²) in [5.41, 5.74) is 1.94. The van der Waals surface area contributed by atoms with Crippen molar-refractivity contribution < 1.29 is 13.2 Å². The molecule has 0 aliphatic carbocycles. The summed E-state index contributed by atoms with van der Waals surface area (Å²) in [5, 5.41) is 0. The summed E-state index contributed by atoms with van der Waals surface area (Å²) in [7, 11) is -3.06. The monoisotopic (exact) mass is 432 g/mol. The van der Waals surface area contributed by atoms with Crippen LogP contribution in [0.2, 0.25) is 0 Å². The topological polar surface area (TPSA) is 67.3 Å². The van der Waals surface area contributed by atoms with E-state index in [1.807, 2.05) is 54.6 Å². The Balaban J connectivity index is 1.49. The molecule has 1 aromatic heterocycles. The SMILES string of the molecule is O=C(CSc1nc2ccccc2s1)N(Cc1ccccc1)[C@H]1CCS(=O)(=O)C1. The van der Waals surface area contributed by atoms with Crippen LogP contribution in [-0.4, -0.2) is 47.5 Å². The number of carbonyl (C=O) groups is 1. The normalized spacial score (nSPS) is 18.4. The van der Waals surface area contributed by atoms with Crippen LogP contribution in [0.5, 0.6) is 0 Å². The lowest BCUT2D eigenvalue weighted by molar-refractivity contribution is -0.130. The van der Waals surface area contributed by atoms with Crippen LogP contribution in [0.3, 0.4) is 0 Å². The van der Waals surface area contributed by atoms with E-state index in [1.54, 1.807) is 16.2 Å². The number of fused-ring (bicyclic) bond motifs is 1. The van der Waals surface area contributed by atoms with Crippen molar-refractivity contribution in [1.29, 1.82) is 0 Å². The summed E-state index contributed by atoms with van der Waals surface area (Å²) in [6, 6.07) is 17.4. The minimum Gasteiger partial charge on any atom is -0.334 e. The van der Waals surface area contributed by atoms with Crippen LogP contribution in [0.25, 0.3) is 10.2 Å². The molecule has 1 aliphatic heterocycles. The Kier molecular flexibility index (Phi) is 5.70. The van der Waals surface area contributed by atoms with Crippen LogP contribution < -0.4 is 0 Å². The van der Waals surface area contributed by atoms with Gasteiger partial charge in [0.15, 0.2) is 14.2 Å². The number of sulfone groups is 1. The molecule has 1 atom stereocenters. The van der Waals surface area contributed by atoms with E-state index < -0.39 is 9.84 Å². The number of hydrogen-bond acceptors (Lipinski definition) is 6. The second kappa shape index (κ2) is 8.23. The zero-order valence-corrected chi connectivity index (χ0v) is 17.6. The first-order chi connectivity index (χ1) is 13.5. The van der Waals surface area contributed by atoms with Gasteiger partial charge in [0.2, 0.25) is 5.91 Å². The second-order valence-corrected chi connectivity index (χ2v) is 11.3. The van der Waals surface area contributed by atoms with E-state index in [0.29, 0.717) is 13.0 Å². The first kappa shape index (κ1) is 19.4. The molecule has 28 heavy (non-hydrogen) atoms. The molecule has 0 N–H and O–H groups in total. The summed E-state index contributed by atoms with van der Waals surface area (Å²) >= 11 is 2.99. The molecule has 0 saturated carbocycles. The molecule has 2 aromatic carbocycles. The maximum absolute atomic E-state index is 13.0. The van der Waals surface area contributed by atoms with Gasteiger partial charge in [-0.2, -0.15) is 0 Å². The summed E-state index contributed by atoms with van der Waals surface area (Å²) in [4.78, 5) is 19.3. The fourth-order valence-electron chi connectivity index (χ4n) is 3.34. The Morgan fingerprint density at radius 1 is 1.14 bits per heavy atom. The van der Waals surface area contributed by atoms with Crippen molar-refractivity contribution in [3.63, 3.8) is 0 Å². The molecule has 4 rings (SSSR count). The number of thioether (sulfide) groups is 1. The standard InChI is InChI=1S/C20H20N2O3S3/c23-19(13-26-20-21-17-8-4-5-9-18(17)27-20)22(12-15-6-2-1-3-7-15)16-10-11-28(24,25)14-16/h1-9,16H,10-14H2/t16-/m0/s1. The first-order valence-corrected chi connectivity index (χ1v) is 12.6. The van der Waals surface area contributed by atoms with Crippen LogP contribution >= 0.6 is 23.1 Å². The highest BCUT2D eigenvalue weighted by Crippen LogP contribution is 2.30. The third kappa shape index (κ3) is 4.56. The van der Waals surface area contributed by atoms with E-state index >= 15 is 0 Å². The van der Waals surface area contributed by atoms with Gasteiger partial charge in [-0.25, -0.2) is 13.4 Å². The van der Waals surface area contributed by atoms with Gasteiger partial charge < -0.3 is 4.90 Å². The Labute approximate surface area is 172 Å². The minimum absolute atomic E-state index is 0.0461. The molecular formula is C20H20N2O3S3. The molecule has 0 spiro atoms. The van der Waals surface area contributed by atoms with Crippen LogP contribution in [-0.2, 0) is 21.2 Å². The molecule has 0 unspecified atom stereocenters. The molecule has 0 bridgehead atoms. The molecule has 8 heteroatoms. The molecule has 1 fully saturated rings. The zero-order chi connectivity index (χ0) is 19.6. The lowest BCUT2D eigenvalue weighted by Crippen LogP contribution is -2.41. The number of carbonyl (C=O) groups excluding carboxylic acids is 1. The third-order valence-corrected chi connectivity index (χ3v) is 8.67. The lowest BCUT2D eigenvalue weighted by atomic mass is 10.1. The van der Waals surface area contributed by atoms with Gasteiger partial charge in [-0.1, -0.05) is 54.2 Å². The predicted octanol–water partition coefficient (Wildman–Crippen LogP) is 3.60. The van der Waals surface area contributed by atoms with Gasteiger partial charge in [0.05, 0.1) is 27.5 Å². The zero-order valence-electron chi connectivity index (χ0n) is 15.2. The van der Waals surface area contributed by atoms with E-state index in [-0.39, 0.29) is 29.2 Å². The first-order valence-electron chi connectivity index (χ1n) is 9.02. The van der Waals surface area contributed by atoms with E-state index in [2.05, 4.69) is 4.98 Å². The fraction of sp³-hybridized carbons (Fsp3) is 0.300. The number of thiazole rings is 1. The second-order valence-electron chi connectivity index (χ2n) is 6.80. The Bertz CT molecular complexity index is 1050. The van der Waals surface area contributed by atoms with E-state index in [9.17, 15) is 13.2 Å². The van der Waals surface area contributed by atoms with Crippen LogP contribution in [0.4, 0.5) is 0 Å². The van der Waals surface area contributed by atoms with Crippen molar-refractivity contribution in [3.05, 3.63) is 60.2 Å². The number of nitrogens with zero attached hydrogens (tertiary/aromatic N) is 2. The van der Waals surface area contributed by atoms with Crippen molar-refractivity contribution in [1.82, 2.24) is 9.88 Å². The molecular weight excluding hydrogens is 412 g/mol. The fourth-order valence-corrected chi connectivity index (χ4v) is 7.03. The molecule has 146 valence electrons. The molecule has 1 saturated heterocycles. The minimum atomic E-state index is -3.06. The highest BCUT2D eigenvalue weighted by Gasteiger charge is 2.34. The lowest BCUT2D eigenvalue weighted by Gasteiger charge is -2.28. The summed E-state index contributed by atoms with van der Waals surface area (Å²) in [5.74, 6) is 0.414. The van der Waals surface area contributed by atoms with E-state index in [0.717, 1.165) is 20.1 Å². The number of hydrogen-bond donors (Lipinski definition) is 0. The van der Waals surface area contributed by atoms with Crippen LogP contribution in [0, 0.1) is 0 Å². The van der Waals surface area contributed by atoms with Gasteiger partial charge >= 0.3 is 0 Å². The maximum Gasteiger partial charge on any atom is 0.233 e. The average Bonchev–Trinajstić information content (AvgIpc) is 3.27. The Hall–Kier alpha value is -1.90. The molecule has 2 heterocycles. The van der Waals surface area contributed by atoms with Crippen molar-refractivity contribution >= 4 is 49.1 Å². The van der Waals surface area contributed by atoms with Gasteiger partial charge in [-0.3, -0.25) is 4.79 Å². The third-order valence-electron chi connectivity index (χ3n) is 4.76. The van der Waals surface area contributed by atoms with Crippen LogP contribution in [0.1, 0.15) is 12.0 Å². The van der Waals surface area contributed by atoms with Gasteiger partial charge in [0.25, 0.3) is 0 Å². The smallest absolute Gasteiger partial charge is 0.233 e. The van der Waals surface area contributed by atoms with Crippen LogP contribution in [0.15, 0.2) is 58.9 Å². The molecule has 5 nitrogen and oxygen atoms in total. The highest BCUT2D eigenvalue weighted by atomic mass is 32.2. The van der Waals surface area contributed by atoms with Gasteiger partial charge in [0.1, 0.15) is 0 Å². The summed E-state index contributed by atoms with van der Waals surface area (Å²) in [6.07, 6.45) is 0.507. The molecule has 1 aliphatic rings. The van der Waals surface area contributed by atoms with E-state index in [1.165, 1.54) is 11.8 Å². The maximum atomic E-state index is 13.0. The van der Waals surface area contributed by atoms with Crippen molar-refractivity contribution in [2.24, 2.45) is 0 Å². The van der Waals surface area contributed by atoms with Gasteiger partial charge in [-0.15, -0.1) is 11.3 Å². The van der Waals surface area contributed by atoms with Crippen molar-refractivity contribution in [2.75, 3.05) is 17.3 Å². The number of aromatic nitrogens is 1. The number of amides is 1. The number of rotatable bonds is 6.